The van der Waals surface area contributed by atoms with E-state index in [4.69, 9.17) is 0 Å². The molecule has 1 aromatic carbocycles. The second-order valence-electron chi connectivity index (χ2n) is 5.98. The fourth-order valence-electron chi connectivity index (χ4n) is 2.93. The third kappa shape index (κ3) is 4.32. The van der Waals surface area contributed by atoms with Gasteiger partial charge in [-0.3, -0.25) is 0 Å². The summed E-state index contributed by atoms with van der Waals surface area (Å²) in [5.41, 5.74) is 1.14. The van der Waals surface area contributed by atoms with Gasteiger partial charge in [-0.2, -0.15) is 0 Å². The molecule has 0 amide bonds. The standard InChI is InChI=1S/C16H25NO2S/c1-13(15-6-4-3-5-7-15)17-12-14-8-10-16(11-9-14)20(2,18)19/h8-11,13,15,17H,3-7,12H2,1-2H3. The van der Waals surface area contributed by atoms with Gasteiger partial charge >= 0.3 is 0 Å². The van der Waals surface area contributed by atoms with Crippen LogP contribution in [0.15, 0.2) is 29.2 Å². The van der Waals surface area contributed by atoms with Gasteiger partial charge in [-0.1, -0.05) is 31.4 Å². The number of hydrogen-bond donors (Lipinski definition) is 1. The summed E-state index contributed by atoms with van der Waals surface area (Å²) < 4.78 is 22.8. The van der Waals surface area contributed by atoms with E-state index in [2.05, 4.69) is 12.2 Å². The van der Waals surface area contributed by atoms with Crippen molar-refractivity contribution in [2.75, 3.05) is 6.26 Å². The van der Waals surface area contributed by atoms with Crippen LogP contribution in [0.1, 0.15) is 44.6 Å². The monoisotopic (exact) mass is 295 g/mol. The SMILES string of the molecule is CC(NCc1ccc(S(C)(=O)=O)cc1)C1CCCCC1. The highest BCUT2D eigenvalue weighted by Crippen LogP contribution is 2.26. The first-order chi connectivity index (χ1) is 9.47. The van der Waals surface area contributed by atoms with Crippen LogP contribution in [0.5, 0.6) is 0 Å². The minimum atomic E-state index is -3.09. The topological polar surface area (TPSA) is 46.2 Å². The molecule has 1 saturated carbocycles. The minimum absolute atomic E-state index is 0.390. The molecule has 1 N–H and O–H groups in total. The van der Waals surface area contributed by atoms with Crippen LogP contribution >= 0.6 is 0 Å². The predicted octanol–water partition coefficient (Wildman–Crippen LogP) is 3.15. The summed E-state index contributed by atoms with van der Waals surface area (Å²) in [5.74, 6) is 0.791. The van der Waals surface area contributed by atoms with Gasteiger partial charge in [-0.25, -0.2) is 8.42 Å². The molecule has 0 saturated heterocycles. The van der Waals surface area contributed by atoms with Gasteiger partial charge < -0.3 is 5.32 Å². The van der Waals surface area contributed by atoms with Crippen molar-refractivity contribution in [1.82, 2.24) is 5.32 Å². The maximum Gasteiger partial charge on any atom is 0.175 e. The molecule has 1 atom stereocenters. The molecule has 0 spiro atoms. The van der Waals surface area contributed by atoms with Crippen molar-refractivity contribution in [3.63, 3.8) is 0 Å². The molecule has 1 aliphatic carbocycles. The van der Waals surface area contributed by atoms with E-state index >= 15 is 0 Å². The first-order valence-electron chi connectivity index (χ1n) is 7.49. The number of rotatable bonds is 5. The van der Waals surface area contributed by atoms with Crippen LogP contribution in [0.2, 0.25) is 0 Å². The van der Waals surface area contributed by atoms with E-state index in [1.54, 1.807) is 12.1 Å². The van der Waals surface area contributed by atoms with Crippen LogP contribution in [0, 0.1) is 5.92 Å². The summed E-state index contributed by atoms with van der Waals surface area (Å²) >= 11 is 0. The number of sulfone groups is 1. The molecule has 0 radical (unpaired) electrons. The van der Waals surface area contributed by atoms with E-state index in [1.165, 1.54) is 38.4 Å². The largest absolute Gasteiger partial charge is 0.310 e. The fraction of sp³-hybridized carbons (Fsp3) is 0.625. The highest BCUT2D eigenvalue weighted by atomic mass is 32.2. The summed E-state index contributed by atoms with van der Waals surface area (Å²) in [6.45, 7) is 3.07. The highest BCUT2D eigenvalue weighted by Gasteiger charge is 2.19. The molecule has 0 bridgehead atoms. The Hall–Kier alpha value is -0.870. The Morgan fingerprint density at radius 3 is 2.30 bits per heavy atom. The maximum atomic E-state index is 11.4. The molecule has 0 aliphatic heterocycles. The van der Waals surface area contributed by atoms with Crippen LogP contribution in [-0.2, 0) is 16.4 Å². The predicted molar refractivity (Wildman–Crippen MR) is 82.4 cm³/mol. The first-order valence-corrected chi connectivity index (χ1v) is 9.38. The molecule has 4 heteroatoms. The third-order valence-corrected chi connectivity index (χ3v) is 5.47. The molecule has 20 heavy (non-hydrogen) atoms. The van der Waals surface area contributed by atoms with Gasteiger partial charge in [0, 0.05) is 18.8 Å². The van der Waals surface area contributed by atoms with Gasteiger partial charge in [0.25, 0.3) is 0 Å². The average Bonchev–Trinajstić information content (AvgIpc) is 2.45. The van der Waals surface area contributed by atoms with E-state index in [-0.39, 0.29) is 0 Å². The van der Waals surface area contributed by atoms with Gasteiger partial charge in [-0.05, 0) is 43.4 Å². The fourth-order valence-corrected chi connectivity index (χ4v) is 3.56. The summed E-state index contributed by atoms with van der Waals surface area (Å²) in [5, 5.41) is 3.58. The van der Waals surface area contributed by atoms with Crippen molar-refractivity contribution >= 4 is 9.84 Å². The second kappa shape index (κ2) is 6.72. The van der Waals surface area contributed by atoms with Crippen molar-refractivity contribution in [1.29, 1.82) is 0 Å². The molecule has 1 unspecified atom stereocenters. The Labute approximate surface area is 122 Å². The molecule has 0 heterocycles. The second-order valence-corrected chi connectivity index (χ2v) is 8.00. The normalized spacial score (nSPS) is 18.9. The van der Waals surface area contributed by atoms with Crippen molar-refractivity contribution in [2.24, 2.45) is 5.92 Å². The van der Waals surface area contributed by atoms with Crippen molar-refractivity contribution < 1.29 is 8.42 Å². The van der Waals surface area contributed by atoms with Gasteiger partial charge in [0.15, 0.2) is 9.84 Å². The van der Waals surface area contributed by atoms with Crippen LogP contribution < -0.4 is 5.32 Å². The third-order valence-electron chi connectivity index (χ3n) is 4.34. The molecule has 1 fully saturated rings. The summed E-state index contributed by atoms with van der Waals surface area (Å²) in [7, 11) is -3.09. The van der Waals surface area contributed by atoms with Crippen LogP contribution in [0.4, 0.5) is 0 Å². The molecule has 3 nitrogen and oxygen atoms in total. The van der Waals surface area contributed by atoms with Gasteiger partial charge in [0.1, 0.15) is 0 Å². The van der Waals surface area contributed by atoms with Crippen molar-refractivity contribution in [3.05, 3.63) is 29.8 Å². The summed E-state index contributed by atoms with van der Waals surface area (Å²) in [6, 6.07) is 7.72. The average molecular weight is 295 g/mol. The quantitative estimate of drug-likeness (QED) is 0.907. The Kier molecular flexibility index (Phi) is 5.22. The van der Waals surface area contributed by atoms with Crippen LogP contribution in [0.3, 0.4) is 0 Å². The van der Waals surface area contributed by atoms with E-state index in [1.807, 2.05) is 12.1 Å². The van der Waals surface area contributed by atoms with E-state index in [0.29, 0.717) is 10.9 Å². The zero-order valence-corrected chi connectivity index (χ0v) is 13.2. The number of hydrogen-bond acceptors (Lipinski definition) is 3. The Balaban J connectivity index is 1.87. The highest BCUT2D eigenvalue weighted by molar-refractivity contribution is 7.90. The zero-order valence-electron chi connectivity index (χ0n) is 12.4. The lowest BCUT2D eigenvalue weighted by molar-refractivity contribution is 0.280. The molecule has 0 aromatic heterocycles. The Morgan fingerprint density at radius 1 is 1.15 bits per heavy atom. The minimum Gasteiger partial charge on any atom is -0.310 e. The molecule has 1 aliphatic rings. The summed E-state index contributed by atoms with van der Waals surface area (Å²) in [4.78, 5) is 0.390. The maximum absolute atomic E-state index is 11.4. The number of nitrogens with one attached hydrogen (secondary N) is 1. The lowest BCUT2D eigenvalue weighted by Crippen LogP contribution is -2.34. The lowest BCUT2D eigenvalue weighted by Gasteiger charge is -2.28. The Morgan fingerprint density at radius 2 is 1.75 bits per heavy atom. The van der Waals surface area contributed by atoms with Gasteiger partial charge in [0.05, 0.1) is 4.90 Å². The molecular weight excluding hydrogens is 270 g/mol. The Bertz CT molecular complexity index is 516. The summed E-state index contributed by atoms with van der Waals surface area (Å²) in [6.07, 6.45) is 8.02. The zero-order chi connectivity index (χ0) is 14.6. The van der Waals surface area contributed by atoms with Crippen molar-refractivity contribution in [2.45, 2.75) is 56.5 Å². The van der Waals surface area contributed by atoms with Gasteiger partial charge in [0.2, 0.25) is 0 Å². The molecule has 2 rings (SSSR count). The van der Waals surface area contributed by atoms with E-state index in [9.17, 15) is 8.42 Å². The van der Waals surface area contributed by atoms with Crippen LogP contribution in [0.25, 0.3) is 0 Å². The smallest absolute Gasteiger partial charge is 0.175 e. The number of benzene rings is 1. The van der Waals surface area contributed by atoms with Crippen molar-refractivity contribution in [3.8, 4) is 0 Å². The van der Waals surface area contributed by atoms with E-state index < -0.39 is 9.84 Å². The molecule has 112 valence electrons. The van der Waals surface area contributed by atoms with E-state index in [0.717, 1.165) is 18.0 Å². The van der Waals surface area contributed by atoms with Gasteiger partial charge in [-0.15, -0.1) is 0 Å². The molecule has 1 aromatic rings. The molecular formula is C16H25NO2S. The van der Waals surface area contributed by atoms with Crippen LogP contribution in [-0.4, -0.2) is 20.7 Å². The lowest BCUT2D eigenvalue weighted by atomic mass is 9.84. The first kappa shape index (κ1) is 15.5.